The molecule has 0 spiro atoms. The van der Waals surface area contributed by atoms with Crippen LogP contribution in [0.25, 0.3) is 0 Å². The van der Waals surface area contributed by atoms with Crippen molar-refractivity contribution in [3.63, 3.8) is 0 Å². The van der Waals surface area contributed by atoms with Gasteiger partial charge in [0, 0.05) is 66.1 Å². The Morgan fingerprint density at radius 1 is 1.15 bits per heavy atom. The van der Waals surface area contributed by atoms with Crippen molar-refractivity contribution in [3.05, 3.63) is 0 Å². The van der Waals surface area contributed by atoms with Crippen molar-refractivity contribution in [1.82, 2.24) is 20.4 Å². The Morgan fingerprint density at radius 2 is 1.85 bits per heavy atom. The Bertz CT molecular complexity index is 429. The van der Waals surface area contributed by atoms with Crippen molar-refractivity contribution in [2.24, 2.45) is 4.99 Å². The number of piperazine rings is 1. The molecule has 0 atom stereocenters. The fraction of sp³-hybridized carbons (Fsp3) is 0.889. The number of nitrogens with zero attached hydrogens (tertiary/aromatic N) is 3. The molecule has 0 aromatic heterocycles. The number of hydrogen-bond donors (Lipinski definition) is 2. The summed E-state index contributed by atoms with van der Waals surface area (Å²) in [4.78, 5) is 20.7. The molecule has 2 N–H and O–H groups in total. The molecule has 1 aliphatic rings. The van der Waals surface area contributed by atoms with Gasteiger partial charge in [0.25, 0.3) is 0 Å². The van der Waals surface area contributed by atoms with Gasteiger partial charge in [0.1, 0.15) is 5.60 Å². The molecule has 1 heterocycles. The van der Waals surface area contributed by atoms with Gasteiger partial charge in [0.2, 0.25) is 0 Å². The molecule has 8 nitrogen and oxygen atoms in total. The summed E-state index contributed by atoms with van der Waals surface area (Å²) in [5.74, 6) is 0.844. The molecule has 1 rings (SSSR count). The number of ether oxygens (including phenoxy) is 2. The molecule has 0 aromatic carbocycles. The van der Waals surface area contributed by atoms with Gasteiger partial charge >= 0.3 is 6.09 Å². The molecular formula is C18H37N5O3. The van der Waals surface area contributed by atoms with Crippen LogP contribution >= 0.6 is 0 Å². The lowest BCUT2D eigenvalue weighted by atomic mass is 10.2. The molecule has 1 amide bonds. The zero-order valence-electron chi connectivity index (χ0n) is 17.1. The van der Waals surface area contributed by atoms with Crippen LogP contribution in [0.3, 0.4) is 0 Å². The highest BCUT2D eigenvalue weighted by Gasteiger charge is 2.25. The van der Waals surface area contributed by atoms with Crippen LogP contribution in [0.4, 0.5) is 4.79 Å². The van der Waals surface area contributed by atoms with E-state index in [1.165, 1.54) is 0 Å². The highest BCUT2D eigenvalue weighted by molar-refractivity contribution is 5.79. The predicted molar refractivity (Wildman–Crippen MR) is 105 cm³/mol. The molecular weight excluding hydrogens is 334 g/mol. The van der Waals surface area contributed by atoms with Gasteiger partial charge in [-0.25, -0.2) is 4.79 Å². The maximum atomic E-state index is 12.1. The summed E-state index contributed by atoms with van der Waals surface area (Å²) in [5, 5.41) is 6.61. The lowest BCUT2D eigenvalue weighted by Gasteiger charge is -2.35. The normalized spacial score (nSPS) is 16.5. The minimum Gasteiger partial charge on any atom is -0.444 e. The number of guanidine groups is 1. The number of aliphatic imine (C=N–C) groups is 1. The van der Waals surface area contributed by atoms with Gasteiger partial charge in [-0.3, -0.25) is 9.89 Å². The first-order valence-electron chi connectivity index (χ1n) is 9.57. The summed E-state index contributed by atoms with van der Waals surface area (Å²) in [7, 11) is 1.70. The Kier molecular flexibility index (Phi) is 10.3. The number of hydrogen-bond acceptors (Lipinski definition) is 5. The Morgan fingerprint density at radius 3 is 2.42 bits per heavy atom. The molecule has 0 unspecified atom stereocenters. The zero-order valence-corrected chi connectivity index (χ0v) is 17.1. The molecule has 0 aliphatic carbocycles. The van der Waals surface area contributed by atoms with Crippen molar-refractivity contribution in [2.75, 3.05) is 66.1 Å². The lowest BCUT2D eigenvalue weighted by molar-refractivity contribution is 0.0147. The number of carbonyl (C=O) groups is 1. The molecule has 1 fully saturated rings. The van der Waals surface area contributed by atoms with E-state index in [1.807, 2.05) is 20.8 Å². The molecule has 26 heavy (non-hydrogen) atoms. The van der Waals surface area contributed by atoms with Gasteiger partial charge in [-0.1, -0.05) is 0 Å². The van der Waals surface area contributed by atoms with Crippen molar-refractivity contribution >= 4 is 12.1 Å². The first-order valence-corrected chi connectivity index (χ1v) is 9.57. The van der Waals surface area contributed by atoms with Crippen molar-refractivity contribution in [1.29, 1.82) is 0 Å². The molecule has 1 aliphatic heterocycles. The summed E-state index contributed by atoms with van der Waals surface area (Å²) >= 11 is 0. The van der Waals surface area contributed by atoms with Crippen molar-refractivity contribution in [2.45, 2.75) is 39.7 Å². The molecule has 0 bridgehead atoms. The van der Waals surface area contributed by atoms with Crippen LogP contribution in [0.15, 0.2) is 4.99 Å². The number of rotatable bonds is 8. The molecule has 1 saturated heterocycles. The highest BCUT2D eigenvalue weighted by Crippen LogP contribution is 2.11. The van der Waals surface area contributed by atoms with Crippen LogP contribution in [0.1, 0.15) is 34.1 Å². The average molecular weight is 372 g/mol. The van der Waals surface area contributed by atoms with E-state index in [0.29, 0.717) is 13.1 Å². The summed E-state index contributed by atoms with van der Waals surface area (Å²) in [5.41, 5.74) is -0.441. The first kappa shape index (κ1) is 22.5. The third kappa shape index (κ3) is 9.82. The number of carbonyl (C=O) groups excluding carboxylic acids is 1. The van der Waals surface area contributed by atoms with E-state index in [4.69, 9.17) is 9.47 Å². The van der Waals surface area contributed by atoms with Crippen molar-refractivity contribution in [3.8, 4) is 0 Å². The summed E-state index contributed by atoms with van der Waals surface area (Å²) in [6, 6.07) is 0. The maximum Gasteiger partial charge on any atom is 0.410 e. The second-order valence-electron chi connectivity index (χ2n) is 7.34. The lowest BCUT2D eigenvalue weighted by Crippen LogP contribution is -2.51. The van der Waals surface area contributed by atoms with E-state index in [0.717, 1.165) is 58.3 Å². The first-order chi connectivity index (χ1) is 12.4. The summed E-state index contributed by atoms with van der Waals surface area (Å²) in [6.45, 7) is 14.9. The number of nitrogens with one attached hydrogen (secondary N) is 2. The van der Waals surface area contributed by atoms with Crippen LogP contribution < -0.4 is 10.6 Å². The largest absolute Gasteiger partial charge is 0.444 e. The Hall–Kier alpha value is -1.54. The molecule has 0 saturated carbocycles. The van der Waals surface area contributed by atoms with E-state index in [-0.39, 0.29) is 6.09 Å². The van der Waals surface area contributed by atoms with Crippen LogP contribution in [-0.4, -0.2) is 93.5 Å². The van der Waals surface area contributed by atoms with Gasteiger partial charge in [-0.2, -0.15) is 0 Å². The minimum absolute atomic E-state index is 0.215. The van der Waals surface area contributed by atoms with E-state index >= 15 is 0 Å². The monoisotopic (exact) mass is 371 g/mol. The molecule has 152 valence electrons. The summed E-state index contributed by atoms with van der Waals surface area (Å²) < 4.78 is 10.5. The Balaban J connectivity index is 2.26. The smallest absolute Gasteiger partial charge is 0.410 e. The third-order valence-electron chi connectivity index (χ3n) is 3.87. The SMILES string of the molecule is CCNC(=NCCCOC)NCCN1CCN(C(=O)OC(C)(C)C)CC1. The molecule has 8 heteroatoms. The fourth-order valence-electron chi connectivity index (χ4n) is 2.55. The molecule has 0 aromatic rings. The molecule has 0 radical (unpaired) electrons. The standard InChI is InChI=1S/C18H37N5O3/c1-6-19-16(20-8-7-15-25-5)21-9-10-22-11-13-23(14-12-22)17(24)26-18(2,3)4/h6-15H2,1-5H3,(H2,19,20,21). The second kappa shape index (κ2) is 12.0. The fourth-order valence-corrected chi connectivity index (χ4v) is 2.55. The van der Waals surface area contributed by atoms with E-state index < -0.39 is 5.60 Å². The summed E-state index contributed by atoms with van der Waals surface area (Å²) in [6.07, 6.45) is 0.701. The van der Waals surface area contributed by atoms with Crippen LogP contribution in [0, 0.1) is 0 Å². The van der Waals surface area contributed by atoms with E-state index in [1.54, 1.807) is 12.0 Å². The predicted octanol–water partition coefficient (Wildman–Crippen LogP) is 1.13. The van der Waals surface area contributed by atoms with Crippen LogP contribution in [-0.2, 0) is 9.47 Å². The van der Waals surface area contributed by atoms with Gasteiger partial charge in [0.15, 0.2) is 5.96 Å². The zero-order chi connectivity index (χ0) is 19.4. The number of methoxy groups -OCH3 is 1. The second-order valence-corrected chi connectivity index (χ2v) is 7.34. The maximum absolute atomic E-state index is 12.1. The quantitative estimate of drug-likeness (QED) is 0.378. The van der Waals surface area contributed by atoms with E-state index in [2.05, 4.69) is 27.4 Å². The minimum atomic E-state index is -0.441. The topological polar surface area (TPSA) is 78.4 Å². The third-order valence-corrected chi connectivity index (χ3v) is 3.87. The number of amides is 1. The van der Waals surface area contributed by atoms with Gasteiger partial charge in [-0.05, 0) is 34.1 Å². The van der Waals surface area contributed by atoms with Gasteiger partial charge < -0.3 is 25.0 Å². The van der Waals surface area contributed by atoms with Crippen LogP contribution in [0.2, 0.25) is 0 Å². The van der Waals surface area contributed by atoms with E-state index in [9.17, 15) is 4.79 Å². The van der Waals surface area contributed by atoms with Gasteiger partial charge in [0.05, 0.1) is 0 Å². The average Bonchev–Trinajstić information content (AvgIpc) is 2.57. The highest BCUT2D eigenvalue weighted by atomic mass is 16.6. The van der Waals surface area contributed by atoms with Crippen LogP contribution in [0.5, 0.6) is 0 Å². The Labute approximate surface area is 158 Å². The van der Waals surface area contributed by atoms with Crippen molar-refractivity contribution < 1.29 is 14.3 Å². The van der Waals surface area contributed by atoms with Gasteiger partial charge in [-0.15, -0.1) is 0 Å².